The Morgan fingerprint density at radius 2 is 2.32 bits per heavy atom. The minimum Gasteiger partial charge on any atom is -0.481 e. The Morgan fingerprint density at radius 1 is 1.53 bits per heavy atom. The zero-order chi connectivity index (χ0) is 13.8. The van der Waals surface area contributed by atoms with E-state index in [1.54, 1.807) is 17.9 Å². The first-order chi connectivity index (χ1) is 9.08. The van der Waals surface area contributed by atoms with Gasteiger partial charge in [0.25, 0.3) is 5.91 Å². The molecule has 1 aliphatic rings. The molecule has 0 bridgehead atoms. The van der Waals surface area contributed by atoms with E-state index in [4.69, 9.17) is 9.63 Å². The van der Waals surface area contributed by atoms with Gasteiger partial charge in [-0.2, -0.15) is 0 Å². The Bertz CT molecular complexity index is 469. The number of aromatic nitrogens is 1. The van der Waals surface area contributed by atoms with Gasteiger partial charge in [-0.1, -0.05) is 5.16 Å². The second-order valence-corrected chi connectivity index (χ2v) is 4.90. The SMILES string of the molecule is Cc1cc(C(=O)N2CCCCC2CCC(=O)O)no1. The standard InChI is InChI=1S/C13H18N2O4/c1-9-8-11(14-19-9)13(18)15-7-3-2-4-10(15)5-6-12(16)17/h8,10H,2-7H2,1H3,(H,16,17). The number of carbonyl (C=O) groups excluding carboxylic acids is 1. The van der Waals surface area contributed by atoms with Gasteiger partial charge in [-0.3, -0.25) is 9.59 Å². The number of nitrogens with zero attached hydrogens (tertiary/aromatic N) is 2. The van der Waals surface area contributed by atoms with Crippen molar-refractivity contribution in [2.75, 3.05) is 6.54 Å². The Labute approximate surface area is 111 Å². The van der Waals surface area contributed by atoms with E-state index in [-0.39, 0.29) is 18.4 Å². The summed E-state index contributed by atoms with van der Waals surface area (Å²) in [7, 11) is 0. The highest BCUT2D eigenvalue weighted by Gasteiger charge is 2.29. The Hall–Kier alpha value is -1.85. The normalized spacial score (nSPS) is 19.4. The third kappa shape index (κ3) is 3.33. The maximum atomic E-state index is 12.3. The second kappa shape index (κ2) is 5.86. The minimum absolute atomic E-state index is 0.00523. The molecule has 1 fully saturated rings. The molecule has 0 aromatic carbocycles. The lowest BCUT2D eigenvalue weighted by Crippen LogP contribution is -2.44. The number of aliphatic carboxylic acids is 1. The molecule has 2 rings (SSSR count). The molecule has 1 unspecified atom stereocenters. The topological polar surface area (TPSA) is 83.6 Å². The molecule has 1 N–H and O–H groups in total. The molecule has 0 saturated carbocycles. The van der Waals surface area contributed by atoms with Crippen LogP contribution in [0.15, 0.2) is 10.6 Å². The predicted molar refractivity (Wildman–Crippen MR) is 66.8 cm³/mol. The first-order valence-corrected chi connectivity index (χ1v) is 6.54. The van der Waals surface area contributed by atoms with Gasteiger partial charge in [0.15, 0.2) is 5.69 Å². The van der Waals surface area contributed by atoms with Crippen molar-refractivity contribution in [2.24, 2.45) is 0 Å². The van der Waals surface area contributed by atoms with E-state index in [2.05, 4.69) is 5.16 Å². The maximum absolute atomic E-state index is 12.3. The van der Waals surface area contributed by atoms with Crippen LogP contribution in [0, 0.1) is 6.92 Å². The summed E-state index contributed by atoms with van der Waals surface area (Å²) >= 11 is 0. The average Bonchev–Trinajstić information content (AvgIpc) is 2.82. The summed E-state index contributed by atoms with van der Waals surface area (Å²) in [5.41, 5.74) is 0.305. The summed E-state index contributed by atoms with van der Waals surface area (Å²) in [5, 5.41) is 12.5. The summed E-state index contributed by atoms with van der Waals surface area (Å²) in [4.78, 5) is 24.7. The number of hydrogen-bond donors (Lipinski definition) is 1. The van der Waals surface area contributed by atoms with Gasteiger partial charge >= 0.3 is 5.97 Å². The molecule has 1 aliphatic heterocycles. The van der Waals surface area contributed by atoms with Gasteiger partial charge in [0.1, 0.15) is 5.76 Å². The molecule has 0 spiro atoms. The molecule has 6 heteroatoms. The van der Waals surface area contributed by atoms with Gasteiger partial charge in [0.2, 0.25) is 0 Å². The number of rotatable bonds is 4. The fourth-order valence-corrected chi connectivity index (χ4v) is 2.47. The lowest BCUT2D eigenvalue weighted by molar-refractivity contribution is -0.137. The van der Waals surface area contributed by atoms with Crippen LogP contribution in [-0.2, 0) is 4.79 Å². The molecule has 1 amide bonds. The molecule has 1 atom stereocenters. The molecule has 0 aliphatic carbocycles. The second-order valence-electron chi connectivity index (χ2n) is 4.90. The molecule has 1 saturated heterocycles. The van der Waals surface area contributed by atoms with Gasteiger partial charge in [0, 0.05) is 25.1 Å². The van der Waals surface area contributed by atoms with Gasteiger partial charge in [0.05, 0.1) is 0 Å². The van der Waals surface area contributed by atoms with Crippen LogP contribution < -0.4 is 0 Å². The highest BCUT2D eigenvalue weighted by atomic mass is 16.5. The van der Waals surface area contributed by atoms with Crippen LogP contribution in [0.25, 0.3) is 0 Å². The van der Waals surface area contributed by atoms with Gasteiger partial charge in [-0.25, -0.2) is 0 Å². The highest BCUT2D eigenvalue weighted by Crippen LogP contribution is 2.23. The van der Waals surface area contributed by atoms with Crippen LogP contribution >= 0.6 is 0 Å². The van der Waals surface area contributed by atoms with Crippen molar-refractivity contribution in [3.05, 3.63) is 17.5 Å². The number of amides is 1. The number of likely N-dealkylation sites (tertiary alicyclic amines) is 1. The van der Waals surface area contributed by atoms with E-state index in [9.17, 15) is 9.59 Å². The zero-order valence-corrected chi connectivity index (χ0v) is 11.0. The number of carbonyl (C=O) groups is 2. The van der Waals surface area contributed by atoms with E-state index in [0.29, 0.717) is 24.4 Å². The Kier molecular flexibility index (Phi) is 4.19. The van der Waals surface area contributed by atoms with E-state index >= 15 is 0 Å². The summed E-state index contributed by atoms with van der Waals surface area (Å²) < 4.78 is 4.92. The summed E-state index contributed by atoms with van der Waals surface area (Å²) in [5.74, 6) is -0.385. The van der Waals surface area contributed by atoms with Crippen molar-refractivity contribution in [3.63, 3.8) is 0 Å². The predicted octanol–water partition coefficient (Wildman–Crippen LogP) is 1.84. The molecule has 6 nitrogen and oxygen atoms in total. The number of carboxylic acid groups (broad SMARTS) is 1. The third-order valence-corrected chi connectivity index (χ3v) is 3.43. The fourth-order valence-electron chi connectivity index (χ4n) is 2.47. The molecule has 19 heavy (non-hydrogen) atoms. The Morgan fingerprint density at radius 3 is 2.95 bits per heavy atom. The van der Waals surface area contributed by atoms with Crippen molar-refractivity contribution in [1.29, 1.82) is 0 Å². The molecule has 104 valence electrons. The van der Waals surface area contributed by atoms with Crippen LogP contribution in [0.1, 0.15) is 48.4 Å². The lowest BCUT2D eigenvalue weighted by atomic mass is 9.97. The van der Waals surface area contributed by atoms with Crippen molar-refractivity contribution < 1.29 is 19.2 Å². The molecule has 1 aromatic rings. The van der Waals surface area contributed by atoms with Crippen LogP contribution in [0.4, 0.5) is 0 Å². The van der Waals surface area contributed by atoms with Crippen LogP contribution in [0.2, 0.25) is 0 Å². The van der Waals surface area contributed by atoms with Crippen LogP contribution in [0.3, 0.4) is 0 Å². The third-order valence-electron chi connectivity index (χ3n) is 3.43. The van der Waals surface area contributed by atoms with E-state index in [1.165, 1.54) is 0 Å². The van der Waals surface area contributed by atoms with Gasteiger partial charge < -0.3 is 14.5 Å². The zero-order valence-electron chi connectivity index (χ0n) is 11.0. The maximum Gasteiger partial charge on any atom is 0.303 e. The van der Waals surface area contributed by atoms with Crippen molar-refractivity contribution >= 4 is 11.9 Å². The smallest absolute Gasteiger partial charge is 0.303 e. The largest absolute Gasteiger partial charge is 0.481 e. The lowest BCUT2D eigenvalue weighted by Gasteiger charge is -2.35. The monoisotopic (exact) mass is 266 g/mol. The van der Waals surface area contributed by atoms with Crippen molar-refractivity contribution in [1.82, 2.24) is 10.1 Å². The van der Waals surface area contributed by atoms with Crippen molar-refractivity contribution in [3.8, 4) is 0 Å². The van der Waals surface area contributed by atoms with Gasteiger partial charge in [-0.15, -0.1) is 0 Å². The summed E-state index contributed by atoms with van der Waals surface area (Å²) in [6.45, 7) is 2.40. The summed E-state index contributed by atoms with van der Waals surface area (Å²) in [6.07, 6.45) is 3.43. The number of carboxylic acids is 1. The van der Waals surface area contributed by atoms with E-state index < -0.39 is 5.97 Å². The Balaban J connectivity index is 2.06. The van der Waals surface area contributed by atoms with E-state index in [1.807, 2.05) is 0 Å². The number of aryl methyl sites for hydroxylation is 1. The van der Waals surface area contributed by atoms with Crippen LogP contribution in [-0.4, -0.2) is 39.6 Å². The quantitative estimate of drug-likeness (QED) is 0.899. The first-order valence-electron chi connectivity index (χ1n) is 6.54. The average molecular weight is 266 g/mol. The van der Waals surface area contributed by atoms with E-state index in [0.717, 1.165) is 19.3 Å². The summed E-state index contributed by atoms with van der Waals surface area (Å²) in [6, 6.07) is 1.61. The molecular formula is C13H18N2O4. The molecule has 2 heterocycles. The number of hydrogen-bond acceptors (Lipinski definition) is 4. The van der Waals surface area contributed by atoms with Gasteiger partial charge in [-0.05, 0) is 32.6 Å². The number of piperidine rings is 1. The van der Waals surface area contributed by atoms with Crippen molar-refractivity contribution in [2.45, 2.75) is 45.1 Å². The first kappa shape index (κ1) is 13.6. The minimum atomic E-state index is -0.824. The fraction of sp³-hybridized carbons (Fsp3) is 0.615. The highest BCUT2D eigenvalue weighted by molar-refractivity contribution is 5.92. The van der Waals surface area contributed by atoms with Crippen LogP contribution in [0.5, 0.6) is 0 Å². The molecule has 0 radical (unpaired) electrons. The molecule has 1 aromatic heterocycles. The molecular weight excluding hydrogens is 248 g/mol.